The van der Waals surface area contributed by atoms with Crippen molar-refractivity contribution in [3.8, 4) is 0 Å². The molecule has 4 aliphatic rings. The van der Waals surface area contributed by atoms with Gasteiger partial charge >= 0.3 is 0 Å². The third-order valence-corrected chi connectivity index (χ3v) is 8.16. The number of rotatable bonds is 4. The predicted octanol–water partition coefficient (Wildman–Crippen LogP) is 6.39. The maximum atomic E-state index is 4.12. The lowest BCUT2D eigenvalue weighted by Gasteiger charge is -2.58. The summed E-state index contributed by atoms with van der Waals surface area (Å²) in [4.78, 5) is 0. The maximum Gasteiger partial charge on any atom is -0.00711 e. The highest BCUT2D eigenvalue weighted by Crippen LogP contribution is 2.75. The maximum absolute atomic E-state index is 4.12. The summed E-state index contributed by atoms with van der Waals surface area (Å²) in [5.41, 5.74) is 5.06. The second-order valence-electron chi connectivity index (χ2n) is 9.87. The Morgan fingerprint density at radius 2 is 2.05 bits per heavy atom. The average Bonchev–Trinajstić information content (AvgIpc) is 3.19. The van der Waals surface area contributed by atoms with Crippen LogP contribution in [-0.2, 0) is 0 Å². The Labute approximate surface area is 137 Å². The zero-order chi connectivity index (χ0) is 15.7. The van der Waals surface area contributed by atoms with Crippen LogP contribution in [0.3, 0.4) is 0 Å². The molecule has 0 aromatic rings. The van der Waals surface area contributed by atoms with Gasteiger partial charge in [-0.25, -0.2) is 0 Å². The number of hydrogen-bond acceptors (Lipinski definition) is 0. The van der Waals surface area contributed by atoms with Crippen molar-refractivity contribution in [3.05, 3.63) is 23.8 Å². The topological polar surface area (TPSA) is 0 Å². The summed E-state index contributed by atoms with van der Waals surface area (Å²) in [5, 5.41) is 0. The minimum atomic E-state index is 0.605. The van der Waals surface area contributed by atoms with Gasteiger partial charge in [-0.15, -0.1) is 6.58 Å². The molecule has 0 heterocycles. The summed E-state index contributed by atoms with van der Waals surface area (Å²) < 4.78 is 0. The Bertz CT molecular complexity index is 524. The van der Waals surface area contributed by atoms with Crippen molar-refractivity contribution < 1.29 is 0 Å². The third kappa shape index (κ3) is 1.95. The van der Waals surface area contributed by atoms with E-state index in [-0.39, 0.29) is 0 Å². The van der Waals surface area contributed by atoms with Crippen molar-refractivity contribution in [2.75, 3.05) is 0 Å². The van der Waals surface area contributed by atoms with E-state index in [1.807, 2.05) is 11.1 Å². The summed E-state index contributed by atoms with van der Waals surface area (Å²) >= 11 is 0. The Balaban J connectivity index is 1.59. The smallest absolute Gasteiger partial charge is 0.00711 e. The van der Waals surface area contributed by atoms with Gasteiger partial charge in [0.15, 0.2) is 0 Å². The fraction of sp³-hybridized carbons (Fsp3) is 0.818. The van der Waals surface area contributed by atoms with Gasteiger partial charge in [0.1, 0.15) is 0 Å². The van der Waals surface area contributed by atoms with Crippen molar-refractivity contribution >= 4 is 0 Å². The molecule has 0 bridgehead atoms. The third-order valence-electron chi connectivity index (χ3n) is 8.16. The van der Waals surface area contributed by atoms with Crippen molar-refractivity contribution in [1.29, 1.82) is 0 Å². The van der Waals surface area contributed by atoms with Gasteiger partial charge in [0.2, 0.25) is 0 Å². The molecular weight excluding hydrogens is 264 g/mol. The molecule has 22 heavy (non-hydrogen) atoms. The van der Waals surface area contributed by atoms with Crippen LogP contribution in [-0.4, -0.2) is 0 Å². The largest absolute Gasteiger partial charge is 0.103 e. The molecule has 0 heteroatoms. The van der Waals surface area contributed by atoms with Gasteiger partial charge in [-0.05, 0) is 78.9 Å². The molecule has 0 spiro atoms. The molecule has 0 saturated heterocycles. The molecule has 0 radical (unpaired) electrons. The quantitative estimate of drug-likeness (QED) is 0.528. The van der Waals surface area contributed by atoms with E-state index in [2.05, 4.69) is 40.3 Å². The van der Waals surface area contributed by atoms with Gasteiger partial charge in [0, 0.05) is 0 Å². The van der Waals surface area contributed by atoms with E-state index in [0.29, 0.717) is 16.7 Å². The van der Waals surface area contributed by atoms with Crippen LogP contribution in [0.2, 0.25) is 0 Å². The average molecular weight is 299 g/mol. The molecule has 4 aliphatic carbocycles. The van der Waals surface area contributed by atoms with E-state index in [1.165, 1.54) is 44.9 Å². The first kappa shape index (κ1) is 15.0. The van der Waals surface area contributed by atoms with Crippen molar-refractivity contribution in [3.63, 3.8) is 0 Å². The summed E-state index contributed by atoms with van der Waals surface area (Å²) in [6.45, 7) is 14.1. The Morgan fingerprint density at radius 3 is 2.73 bits per heavy atom. The Kier molecular flexibility index (Phi) is 3.24. The number of allylic oxidation sites excluding steroid dienone is 3. The van der Waals surface area contributed by atoms with Gasteiger partial charge in [-0.1, -0.05) is 51.3 Å². The number of hydrogen-bond donors (Lipinski definition) is 0. The Hall–Kier alpha value is -0.520. The predicted molar refractivity (Wildman–Crippen MR) is 94.6 cm³/mol. The van der Waals surface area contributed by atoms with Crippen LogP contribution in [0.5, 0.6) is 0 Å². The highest BCUT2D eigenvalue weighted by atomic mass is 14.7. The molecule has 2 fully saturated rings. The fourth-order valence-corrected chi connectivity index (χ4v) is 7.29. The molecule has 4 rings (SSSR count). The zero-order valence-electron chi connectivity index (χ0n) is 15.1. The van der Waals surface area contributed by atoms with E-state index in [9.17, 15) is 0 Å². The number of fused-ring (bicyclic) bond motifs is 2. The van der Waals surface area contributed by atoms with E-state index in [4.69, 9.17) is 0 Å². The summed E-state index contributed by atoms with van der Waals surface area (Å²) in [5.74, 6) is 4.35. The Morgan fingerprint density at radius 1 is 1.27 bits per heavy atom. The van der Waals surface area contributed by atoms with Crippen LogP contribution in [0.1, 0.15) is 72.6 Å². The summed E-state index contributed by atoms with van der Waals surface area (Å²) in [7, 11) is 0. The zero-order valence-corrected chi connectivity index (χ0v) is 15.1. The standard InChI is InChI=1S/C22H34/c1-6-16(14(2)3)10-15-11-18-17-12-19(17)22(5)9-7-8-21(4,13-15)20(18)22/h6,14-16,18,20H,1,7-13H2,2-5H3/t15?,16?,18-,20?,21-,22+/m1/s1. The second kappa shape index (κ2) is 4.74. The van der Waals surface area contributed by atoms with E-state index >= 15 is 0 Å². The van der Waals surface area contributed by atoms with Crippen molar-refractivity contribution in [2.45, 2.75) is 72.6 Å². The highest BCUT2D eigenvalue weighted by molar-refractivity contribution is 5.50. The van der Waals surface area contributed by atoms with E-state index < -0.39 is 0 Å². The van der Waals surface area contributed by atoms with Crippen molar-refractivity contribution in [2.24, 2.45) is 40.4 Å². The normalized spacial score (nSPS) is 47.2. The monoisotopic (exact) mass is 298 g/mol. The first-order valence-electron chi connectivity index (χ1n) is 9.74. The molecule has 6 atom stereocenters. The molecule has 0 N–H and O–H groups in total. The lowest BCUT2D eigenvalue weighted by atomic mass is 9.46. The molecule has 2 saturated carbocycles. The molecule has 0 amide bonds. The van der Waals surface area contributed by atoms with E-state index in [1.54, 1.807) is 0 Å². The SMILES string of the molecule is C=CC(CC1C[C@@H]2C3=C(C3)[C@]3(C)CCC[C@](C)(C1)C23)C(C)C. The second-order valence-corrected chi connectivity index (χ2v) is 9.87. The van der Waals surface area contributed by atoms with E-state index in [0.717, 1.165) is 23.7 Å². The summed E-state index contributed by atoms with van der Waals surface area (Å²) in [6, 6.07) is 0. The molecular formula is C22H34. The fourth-order valence-electron chi connectivity index (χ4n) is 7.29. The molecule has 0 aliphatic heterocycles. The highest BCUT2D eigenvalue weighted by Gasteiger charge is 2.65. The van der Waals surface area contributed by atoms with Crippen LogP contribution < -0.4 is 0 Å². The molecule has 122 valence electrons. The molecule has 0 nitrogen and oxygen atoms in total. The van der Waals surface area contributed by atoms with Gasteiger partial charge in [-0.3, -0.25) is 0 Å². The van der Waals surface area contributed by atoms with Gasteiger partial charge in [-0.2, -0.15) is 0 Å². The van der Waals surface area contributed by atoms with Gasteiger partial charge < -0.3 is 0 Å². The van der Waals surface area contributed by atoms with Crippen LogP contribution in [0, 0.1) is 40.4 Å². The molecule has 0 aromatic heterocycles. The molecule has 0 aromatic carbocycles. The van der Waals surface area contributed by atoms with Crippen LogP contribution >= 0.6 is 0 Å². The molecule has 3 unspecified atom stereocenters. The van der Waals surface area contributed by atoms with Crippen molar-refractivity contribution in [1.82, 2.24) is 0 Å². The van der Waals surface area contributed by atoms with Gasteiger partial charge in [0.25, 0.3) is 0 Å². The minimum Gasteiger partial charge on any atom is -0.103 e. The van der Waals surface area contributed by atoms with Crippen LogP contribution in [0.15, 0.2) is 23.8 Å². The lowest BCUT2D eigenvalue weighted by Crippen LogP contribution is -2.50. The van der Waals surface area contributed by atoms with Crippen LogP contribution in [0.4, 0.5) is 0 Å². The van der Waals surface area contributed by atoms with Crippen LogP contribution in [0.25, 0.3) is 0 Å². The minimum absolute atomic E-state index is 0.605. The lowest BCUT2D eigenvalue weighted by molar-refractivity contribution is -0.0638. The summed E-state index contributed by atoms with van der Waals surface area (Å²) in [6.07, 6.45) is 12.5. The first-order valence-corrected chi connectivity index (χ1v) is 9.74. The van der Waals surface area contributed by atoms with Gasteiger partial charge in [0.05, 0.1) is 0 Å². The first-order chi connectivity index (χ1) is 10.4.